The maximum atomic E-state index is 12.7. The third-order valence-corrected chi connectivity index (χ3v) is 9.69. The fourth-order valence-electron chi connectivity index (χ4n) is 7.23. The molecule has 6 rings (SSSR count). The number of piperazine rings is 1. The molecule has 3 aliphatic heterocycles. The highest BCUT2D eigenvalue weighted by atomic mass is 16.5. The van der Waals surface area contributed by atoms with Crippen LogP contribution in [-0.4, -0.2) is 91.9 Å². The van der Waals surface area contributed by atoms with Gasteiger partial charge in [-0.3, -0.25) is 9.69 Å². The average molecular weight is 634 g/mol. The van der Waals surface area contributed by atoms with Gasteiger partial charge in [0.25, 0.3) is 0 Å². The minimum absolute atomic E-state index is 0.155. The Morgan fingerprint density at radius 3 is 2.66 bits per heavy atom. The van der Waals surface area contributed by atoms with Crippen molar-refractivity contribution in [3.05, 3.63) is 71.4 Å². The highest BCUT2D eigenvalue weighted by Crippen LogP contribution is 2.40. The lowest BCUT2D eigenvalue weighted by atomic mass is 9.95. The molecular formula is C37H43N7O3. The first-order chi connectivity index (χ1) is 22.9. The molecule has 10 nitrogen and oxygen atoms in total. The van der Waals surface area contributed by atoms with Crippen LogP contribution in [0.5, 0.6) is 5.88 Å². The topological polar surface area (TPSA) is 109 Å². The van der Waals surface area contributed by atoms with Crippen molar-refractivity contribution in [2.75, 3.05) is 68.8 Å². The third-order valence-electron chi connectivity index (χ3n) is 9.69. The Bertz CT molecular complexity index is 1720. The fourth-order valence-corrected chi connectivity index (χ4v) is 7.23. The molecule has 2 aromatic carbocycles. The van der Waals surface area contributed by atoms with Crippen molar-refractivity contribution in [2.24, 2.45) is 0 Å². The number of ether oxygens (including phenoxy) is 2. The molecule has 1 aromatic heterocycles. The Morgan fingerprint density at radius 2 is 1.91 bits per heavy atom. The summed E-state index contributed by atoms with van der Waals surface area (Å²) in [6, 6.07) is 17.2. The van der Waals surface area contributed by atoms with Gasteiger partial charge in [0.1, 0.15) is 11.6 Å². The SMILES string of the molecule is C=CC(=O)N1CCN(c2c(C#N)c(OC(C)CCN3CCOCC3)nc3c2CCN(c2cccc4cccc(C)c24)C3)C[C@@H]1CC#N. The van der Waals surface area contributed by atoms with Crippen molar-refractivity contribution in [3.8, 4) is 18.0 Å². The number of anilines is 2. The van der Waals surface area contributed by atoms with Gasteiger partial charge in [0, 0.05) is 62.5 Å². The normalized spacial score (nSPS) is 19.1. The lowest BCUT2D eigenvalue weighted by Gasteiger charge is -2.43. The van der Waals surface area contributed by atoms with E-state index in [2.05, 4.69) is 76.7 Å². The second kappa shape index (κ2) is 14.4. The number of fused-ring (bicyclic) bond motifs is 2. The molecule has 0 N–H and O–H groups in total. The van der Waals surface area contributed by atoms with Crippen LogP contribution in [0, 0.1) is 29.6 Å². The van der Waals surface area contributed by atoms with Crippen molar-refractivity contribution >= 4 is 28.1 Å². The number of rotatable bonds is 9. The molecule has 47 heavy (non-hydrogen) atoms. The molecule has 3 aromatic rings. The molecule has 0 radical (unpaired) electrons. The Labute approximate surface area is 277 Å². The zero-order valence-electron chi connectivity index (χ0n) is 27.5. The fraction of sp³-hybridized carbons (Fsp3) is 0.459. The van der Waals surface area contributed by atoms with Gasteiger partial charge >= 0.3 is 0 Å². The molecule has 1 amide bonds. The predicted octanol–water partition coefficient (Wildman–Crippen LogP) is 4.58. The summed E-state index contributed by atoms with van der Waals surface area (Å²) >= 11 is 0. The van der Waals surface area contributed by atoms with Crippen molar-refractivity contribution < 1.29 is 14.3 Å². The summed E-state index contributed by atoms with van der Waals surface area (Å²) in [5.74, 6) is 0.175. The van der Waals surface area contributed by atoms with E-state index >= 15 is 0 Å². The summed E-state index contributed by atoms with van der Waals surface area (Å²) in [6.45, 7) is 14.8. The highest BCUT2D eigenvalue weighted by Gasteiger charge is 2.35. The van der Waals surface area contributed by atoms with Gasteiger partial charge in [-0.1, -0.05) is 36.9 Å². The van der Waals surface area contributed by atoms with Crippen molar-refractivity contribution in [1.82, 2.24) is 14.8 Å². The monoisotopic (exact) mass is 633 g/mol. The third kappa shape index (κ3) is 6.76. The molecule has 0 saturated carbocycles. The molecule has 3 aliphatic rings. The largest absolute Gasteiger partial charge is 0.474 e. The number of hydrogen-bond donors (Lipinski definition) is 0. The van der Waals surface area contributed by atoms with Crippen LogP contribution in [0.15, 0.2) is 49.1 Å². The second-order valence-corrected chi connectivity index (χ2v) is 12.7. The van der Waals surface area contributed by atoms with Crippen LogP contribution in [0.3, 0.4) is 0 Å². The number of hydrogen-bond acceptors (Lipinski definition) is 9. The van der Waals surface area contributed by atoms with Crippen LogP contribution in [0.1, 0.15) is 42.1 Å². The van der Waals surface area contributed by atoms with Crippen LogP contribution in [0.2, 0.25) is 0 Å². The van der Waals surface area contributed by atoms with Crippen LogP contribution in [0.4, 0.5) is 11.4 Å². The van der Waals surface area contributed by atoms with Gasteiger partial charge in [-0.05, 0) is 49.8 Å². The summed E-state index contributed by atoms with van der Waals surface area (Å²) in [5.41, 5.74) is 5.60. The lowest BCUT2D eigenvalue weighted by molar-refractivity contribution is -0.128. The van der Waals surface area contributed by atoms with Crippen LogP contribution < -0.4 is 14.5 Å². The van der Waals surface area contributed by atoms with E-state index in [1.165, 1.54) is 28.1 Å². The summed E-state index contributed by atoms with van der Waals surface area (Å²) < 4.78 is 12.0. The van der Waals surface area contributed by atoms with Gasteiger partial charge in [0.2, 0.25) is 11.8 Å². The first-order valence-electron chi connectivity index (χ1n) is 16.6. The zero-order chi connectivity index (χ0) is 32.9. The van der Waals surface area contributed by atoms with Gasteiger partial charge in [-0.25, -0.2) is 4.98 Å². The standard InChI is InChI=1S/C37H43N7O3/c1-4-34(45)44-18-17-43(24-29(44)11-14-38)36-30-13-16-42(33-10-6-9-28-8-5-7-26(2)35(28)33)25-32(30)40-37(31(36)23-39)47-27(3)12-15-41-19-21-46-22-20-41/h4-10,27,29H,1,11-13,15-22,24-25H2,2-3H3/t27?,29-/m0/s1. The number of nitriles is 2. The van der Waals surface area contributed by atoms with E-state index in [-0.39, 0.29) is 24.5 Å². The quantitative estimate of drug-likeness (QED) is 0.313. The zero-order valence-corrected chi connectivity index (χ0v) is 27.5. The molecule has 0 aliphatic carbocycles. The molecule has 244 valence electrons. The number of carbonyl (C=O) groups is 1. The number of carbonyl (C=O) groups excluding carboxylic acids is 1. The molecule has 4 heterocycles. The number of morpholine rings is 1. The van der Waals surface area contributed by atoms with Gasteiger partial charge in [0.05, 0.1) is 55.8 Å². The van der Waals surface area contributed by atoms with Crippen molar-refractivity contribution in [2.45, 2.75) is 51.8 Å². The van der Waals surface area contributed by atoms with Crippen LogP contribution in [0.25, 0.3) is 10.8 Å². The van der Waals surface area contributed by atoms with E-state index in [1.807, 2.05) is 6.92 Å². The number of nitrogens with zero attached hydrogens (tertiary/aromatic N) is 7. The molecule has 10 heteroatoms. The Morgan fingerprint density at radius 1 is 1.13 bits per heavy atom. The number of aryl methyl sites for hydroxylation is 1. The van der Waals surface area contributed by atoms with E-state index < -0.39 is 0 Å². The first-order valence-corrected chi connectivity index (χ1v) is 16.6. The number of aromatic nitrogens is 1. The summed E-state index contributed by atoms with van der Waals surface area (Å²) in [5, 5.41) is 22.7. The van der Waals surface area contributed by atoms with Crippen LogP contribution in [-0.2, 0) is 22.5 Å². The molecule has 2 saturated heterocycles. The second-order valence-electron chi connectivity index (χ2n) is 12.7. The molecule has 0 bridgehead atoms. The lowest BCUT2D eigenvalue weighted by Crippen LogP contribution is -2.55. The van der Waals surface area contributed by atoms with Gasteiger partial charge < -0.3 is 24.2 Å². The van der Waals surface area contributed by atoms with E-state index in [9.17, 15) is 15.3 Å². The summed E-state index contributed by atoms with van der Waals surface area (Å²) in [4.78, 5) is 26.4. The smallest absolute Gasteiger partial charge is 0.246 e. The van der Waals surface area contributed by atoms with Gasteiger partial charge in [-0.15, -0.1) is 0 Å². The van der Waals surface area contributed by atoms with E-state index in [0.29, 0.717) is 44.0 Å². The van der Waals surface area contributed by atoms with Crippen molar-refractivity contribution in [1.29, 1.82) is 10.5 Å². The first kappa shape index (κ1) is 32.3. The molecule has 1 unspecified atom stereocenters. The van der Waals surface area contributed by atoms with E-state index in [4.69, 9.17) is 14.5 Å². The Hall–Kier alpha value is -4.64. The maximum absolute atomic E-state index is 12.7. The van der Waals surface area contributed by atoms with E-state index in [0.717, 1.165) is 62.8 Å². The molecule has 0 spiro atoms. The maximum Gasteiger partial charge on any atom is 0.246 e. The molecular weight excluding hydrogens is 590 g/mol. The van der Waals surface area contributed by atoms with E-state index in [1.54, 1.807) is 4.90 Å². The predicted molar refractivity (Wildman–Crippen MR) is 182 cm³/mol. The van der Waals surface area contributed by atoms with Gasteiger partial charge in [0.15, 0.2) is 0 Å². The molecule has 2 fully saturated rings. The Balaban J connectivity index is 1.37. The Kier molecular flexibility index (Phi) is 9.91. The van der Waals surface area contributed by atoms with Gasteiger partial charge in [-0.2, -0.15) is 10.5 Å². The number of benzene rings is 2. The average Bonchev–Trinajstić information content (AvgIpc) is 3.10. The van der Waals surface area contributed by atoms with Crippen LogP contribution >= 0.6 is 0 Å². The van der Waals surface area contributed by atoms with Crippen molar-refractivity contribution in [3.63, 3.8) is 0 Å². The summed E-state index contributed by atoms with van der Waals surface area (Å²) in [6.07, 6.45) is 2.85. The highest BCUT2D eigenvalue weighted by molar-refractivity contribution is 5.97. The number of pyridine rings is 1. The number of amides is 1. The minimum atomic E-state index is -0.315. The molecule has 2 atom stereocenters. The summed E-state index contributed by atoms with van der Waals surface area (Å²) in [7, 11) is 0. The minimum Gasteiger partial charge on any atom is -0.474 e.